The van der Waals surface area contributed by atoms with Gasteiger partial charge in [-0.25, -0.2) is 0 Å². The number of carbonyl (C=O) groups is 2. The minimum atomic E-state index is -1.22. The molecule has 0 fully saturated rings. The SMILES string of the molecule is COc1cccc(C(=O)N[C@H](CC(=O)[O-])c2ccc(C(C)(C)C)cc2)c1. The molecule has 0 aliphatic rings. The summed E-state index contributed by atoms with van der Waals surface area (Å²) in [4.78, 5) is 23.7. The minimum Gasteiger partial charge on any atom is -0.550 e. The molecule has 0 spiro atoms. The Bertz CT molecular complexity index is 775. The van der Waals surface area contributed by atoms with Crippen molar-refractivity contribution in [3.05, 3.63) is 65.2 Å². The number of carbonyl (C=O) groups excluding carboxylic acids is 2. The number of nitrogens with one attached hydrogen (secondary N) is 1. The molecule has 0 radical (unpaired) electrons. The Hall–Kier alpha value is -2.82. The number of benzene rings is 2. The van der Waals surface area contributed by atoms with Crippen molar-refractivity contribution in [3.63, 3.8) is 0 Å². The normalized spacial score (nSPS) is 12.3. The third kappa shape index (κ3) is 5.09. The molecule has 2 rings (SSSR count). The van der Waals surface area contributed by atoms with Crippen LogP contribution in [0, 0.1) is 0 Å². The third-order valence-corrected chi connectivity index (χ3v) is 4.19. The molecule has 0 aliphatic heterocycles. The highest BCUT2D eigenvalue weighted by Crippen LogP contribution is 2.25. The van der Waals surface area contributed by atoms with Crippen LogP contribution in [0.1, 0.15) is 54.7 Å². The smallest absolute Gasteiger partial charge is 0.251 e. The summed E-state index contributed by atoms with van der Waals surface area (Å²) < 4.78 is 5.12. The summed E-state index contributed by atoms with van der Waals surface area (Å²) in [5.41, 5.74) is 2.25. The summed E-state index contributed by atoms with van der Waals surface area (Å²) in [6.45, 7) is 6.31. The number of carboxylic acid groups (broad SMARTS) is 1. The Morgan fingerprint density at radius 1 is 1.12 bits per heavy atom. The van der Waals surface area contributed by atoms with E-state index in [0.29, 0.717) is 11.3 Å². The molecule has 138 valence electrons. The van der Waals surface area contributed by atoms with Crippen molar-refractivity contribution in [2.24, 2.45) is 0 Å². The number of rotatable bonds is 6. The van der Waals surface area contributed by atoms with E-state index < -0.39 is 12.0 Å². The van der Waals surface area contributed by atoms with Crippen molar-refractivity contribution in [1.29, 1.82) is 0 Å². The Labute approximate surface area is 154 Å². The molecule has 5 heteroatoms. The van der Waals surface area contributed by atoms with Gasteiger partial charge in [0, 0.05) is 18.0 Å². The molecule has 1 atom stereocenters. The van der Waals surface area contributed by atoms with Crippen molar-refractivity contribution in [3.8, 4) is 5.75 Å². The van der Waals surface area contributed by atoms with E-state index in [9.17, 15) is 14.7 Å². The van der Waals surface area contributed by atoms with Crippen LogP contribution >= 0.6 is 0 Å². The highest BCUT2D eigenvalue weighted by molar-refractivity contribution is 5.95. The van der Waals surface area contributed by atoms with Gasteiger partial charge in [0.1, 0.15) is 5.75 Å². The minimum absolute atomic E-state index is 0.00772. The standard InChI is InChI=1S/C21H25NO4/c1-21(2,3)16-10-8-14(9-11-16)18(13-19(23)24)22-20(25)15-6-5-7-17(12-15)26-4/h5-12,18H,13H2,1-4H3,(H,22,25)(H,23,24)/p-1/t18-/m1/s1. The largest absolute Gasteiger partial charge is 0.550 e. The fourth-order valence-corrected chi connectivity index (χ4v) is 2.64. The monoisotopic (exact) mass is 354 g/mol. The molecule has 0 saturated carbocycles. The van der Waals surface area contributed by atoms with E-state index in [1.807, 2.05) is 24.3 Å². The predicted molar refractivity (Wildman–Crippen MR) is 98.0 cm³/mol. The number of carboxylic acids is 1. The zero-order valence-corrected chi connectivity index (χ0v) is 15.5. The lowest BCUT2D eigenvalue weighted by Crippen LogP contribution is -2.34. The number of amides is 1. The van der Waals surface area contributed by atoms with Gasteiger partial charge in [0.2, 0.25) is 0 Å². The first-order valence-corrected chi connectivity index (χ1v) is 8.46. The Kier molecular flexibility index (Phi) is 6.03. The molecule has 0 aromatic heterocycles. The number of hydrogen-bond acceptors (Lipinski definition) is 4. The van der Waals surface area contributed by atoms with E-state index in [4.69, 9.17) is 4.74 Å². The lowest BCUT2D eigenvalue weighted by Gasteiger charge is -2.23. The van der Waals surface area contributed by atoms with E-state index in [0.717, 1.165) is 11.1 Å². The van der Waals surface area contributed by atoms with Gasteiger partial charge < -0.3 is 20.0 Å². The lowest BCUT2D eigenvalue weighted by atomic mass is 9.86. The fraction of sp³-hybridized carbons (Fsp3) is 0.333. The van der Waals surface area contributed by atoms with Gasteiger partial charge in [-0.3, -0.25) is 4.79 Å². The van der Waals surface area contributed by atoms with Gasteiger partial charge in [-0.05, 0) is 34.7 Å². The lowest BCUT2D eigenvalue weighted by molar-refractivity contribution is -0.306. The molecular formula is C21H24NO4-. The first-order valence-electron chi connectivity index (χ1n) is 8.46. The first-order chi connectivity index (χ1) is 12.2. The molecule has 1 N–H and O–H groups in total. The Morgan fingerprint density at radius 2 is 1.77 bits per heavy atom. The highest BCUT2D eigenvalue weighted by atomic mass is 16.5. The zero-order valence-electron chi connectivity index (χ0n) is 15.5. The number of ether oxygens (including phenoxy) is 1. The average Bonchev–Trinajstić information content (AvgIpc) is 2.60. The number of aliphatic carboxylic acids is 1. The molecule has 2 aromatic carbocycles. The van der Waals surface area contributed by atoms with Crippen LogP contribution in [0.25, 0.3) is 0 Å². The van der Waals surface area contributed by atoms with E-state index in [1.54, 1.807) is 24.3 Å². The van der Waals surface area contributed by atoms with Gasteiger partial charge in [0.05, 0.1) is 13.2 Å². The molecule has 0 aliphatic carbocycles. The maximum atomic E-state index is 12.5. The van der Waals surface area contributed by atoms with Crippen LogP contribution in [0.2, 0.25) is 0 Å². The fourth-order valence-electron chi connectivity index (χ4n) is 2.64. The van der Waals surface area contributed by atoms with Gasteiger partial charge >= 0.3 is 0 Å². The van der Waals surface area contributed by atoms with Crippen LogP contribution in [-0.4, -0.2) is 19.0 Å². The second-order valence-electron chi connectivity index (χ2n) is 7.21. The number of hydrogen-bond donors (Lipinski definition) is 1. The van der Waals surface area contributed by atoms with Crippen LogP contribution in [0.3, 0.4) is 0 Å². The summed E-state index contributed by atoms with van der Waals surface area (Å²) in [5.74, 6) is -1.03. The molecule has 0 heterocycles. The van der Waals surface area contributed by atoms with E-state index in [1.165, 1.54) is 7.11 Å². The van der Waals surface area contributed by atoms with Crippen LogP contribution in [0.15, 0.2) is 48.5 Å². The van der Waals surface area contributed by atoms with E-state index in [2.05, 4.69) is 26.1 Å². The Balaban J connectivity index is 2.24. The molecule has 0 saturated heterocycles. The van der Waals surface area contributed by atoms with Crippen LogP contribution in [0.5, 0.6) is 5.75 Å². The maximum absolute atomic E-state index is 12.5. The zero-order chi connectivity index (χ0) is 19.3. The average molecular weight is 354 g/mol. The Morgan fingerprint density at radius 3 is 2.31 bits per heavy atom. The van der Waals surface area contributed by atoms with E-state index in [-0.39, 0.29) is 17.7 Å². The molecule has 0 unspecified atom stereocenters. The predicted octanol–water partition coefficient (Wildman–Crippen LogP) is 2.60. The quantitative estimate of drug-likeness (QED) is 0.865. The molecule has 5 nitrogen and oxygen atoms in total. The second kappa shape index (κ2) is 8.04. The van der Waals surface area contributed by atoms with Crippen LogP contribution in [-0.2, 0) is 10.2 Å². The first kappa shape index (κ1) is 19.5. The van der Waals surface area contributed by atoms with Crippen molar-refractivity contribution < 1.29 is 19.4 Å². The second-order valence-corrected chi connectivity index (χ2v) is 7.21. The maximum Gasteiger partial charge on any atom is 0.251 e. The van der Waals surface area contributed by atoms with Gasteiger partial charge in [-0.15, -0.1) is 0 Å². The third-order valence-electron chi connectivity index (χ3n) is 4.19. The summed E-state index contributed by atoms with van der Waals surface area (Å²) in [7, 11) is 1.52. The highest BCUT2D eigenvalue weighted by Gasteiger charge is 2.18. The molecule has 26 heavy (non-hydrogen) atoms. The van der Waals surface area contributed by atoms with Crippen molar-refractivity contribution >= 4 is 11.9 Å². The van der Waals surface area contributed by atoms with Crippen LogP contribution < -0.4 is 15.2 Å². The summed E-state index contributed by atoms with van der Waals surface area (Å²) in [6.07, 6.45) is -0.301. The van der Waals surface area contributed by atoms with Gasteiger partial charge in [-0.2, -0.15) is 0 Å². The van der Waals surface area contributed by atoms with E-state index >= 15 is 0 Å². The topological polar surface area (TPSA) is 78.5 Å². The van der Waals surface area contributed by atoms with Crippen LogP contribution in [0.4, 0.5) is 0 Å². The van der Waals surface area contributed by atoms with Gasteiger partial charge in [0.25, 0.3) is 5.91 Å². The summed E-state index contributed by atoms with van der Waals surface area (Å²) >= 11 is 0. The van der Waals surface area contributed by atoms with Crippen molar-refractivity contribution in [2.75, 3.05) is 7.11 Å². The molecule has 2 aromatic rings. The van der Waals surface area contributed by atoms with Crippen molar-refractivity contribution in [2.45, 2.75) is 38.6 Å². The molecular weight excluding hydrogens is 330 g/mol. The van der Waals surface area contributed by atoms with Gasteiger partial charge in [0.15, 0.2) is 0 Å². The number of methoxy groups -OCH3 is 1. The van der Waals surface area contributed by atoms with Gasteiger partial charge in [-0.1, -0.05) is 51.1 Å². The summed E-state index contributed by atoms with van der Waals surface area (Å²) in [6, 6.07) is 13.6. The molecule has 0 bridgehead atoms. The molecule has 1 amide bonds. The van der Waals surface area contributed by atoms with Crippen molar-refractivity contribution in [1.82, 2.24) is 5.32 Å². The summed E-state index contributed by atoms with van der Waals surface area (Å²) in [5, 5.41) is 13.9.